The number of piperazine rings is 1. The number of hydrogen-bond donors (Lipinski definition) is 1. The first-order valence-electron chi connectivity index (χ1n) is 8.23. The zero-order valence-electron chi connectivity index (χ0n) is 15.4. The Bertz CT molecular complexity index is 399. The van der Waals surface area contributed by atoms with E-state index in [-0.39, 0.29) is 17.6 Å². The molecule has 1 atom stereocenters. The molecule has 7 nitrogen and oxygen atoms in total. The van der Waals surface area contributed by atoms with Crippen LogP contribution in [0.3, 0.4) is 0 Å². The van der Waals surface area contributed by atoms with E-state index in [0.29, 0.717) is 26.2 Å². The van der Waals surface area contributed by atoms with Gasteiger partial charge in [0.2, 0.25) is 0 Å². The van der Waals surface area contributed by atoms with Gasteiger partial charge in [-0.15, -0.1) is 0 Å². The van der Waals surface area contributed by atoms with Crippen LogP contribution in [0.2, 0.25) is 0 Å². The normalized spacial score (nSPS) is 17.9. The molecule has 0 radical (unpaired) electrons. The van der Waals surface area contributed by atoms with Crippen molar-refractivity contribution in [2.45, 2.75) is 33.8 Å². The monoisotopic (exact) mass is 328 g/mol. The molecule has 1 amide bonds. The zero-order chi connectivity index (χ0) is 17.5. The highest BCUT2D eigenvalue weighted by Crippen LogP contribution is 2.21. The van der Waals surface area contributed by atoms with Crippen molar-refractivity contribution in [1.82, 2.24) is 15.1 Å². The quantitative estimate of drug-likeness (QED) is 0.624. The van der Waals surface area contributed by atoms with Crippen LogP contribution >= 0.6 is 0 Å². The summed E-state index contributed by atoms with van der Waals surface area (Å²) >= 11 is 0. The molecule has 1 saturated heterocycles. The Morgan fingerprint density at radius 1 is 1.22 bits per heavy atom. The van der Waals surface area contributed by atoms with E-state index in [1.807, 2.05) is 6.92 Å². The lowest BCUT2D eigenvalue weighted by Crippen LogP contribution is -2.55. The van der Waals surface area contributed by atoms with Crippen molar-refractivity contribution in [2.24, 2.45) is 10.4 Å². The zero-order valence-corrected chi connectivity index (χ0v) is 15.4. The predicted molar refractivity (Wildman–Crippen MR) is 91.8 cm³/mol. The van der Waals surface area contributed by atoms with Crippen molar-refractivity contribution >= 4 is 12.1 Å². The lowest BCUT2D eigenvalue weighted by molar-refractivity contribution is 0.0199. The lowest BCUT2D eigenvalue weighted by atomic mass is 9.89. The summed E-state index contributed by atoms with van der Waals surface area (Å²) in [5.74, 6) is 0.847. The van der Waals surface area contributed by atoms with Crippen molar-refractivity contribution in [3.8, 4) is 0 Å². The van der Waals surface area contributed by atoms with Gasteiger partial charge >= 0.3 is 6.09 Å². The van der Waals surface area contributed by atoms with Gasteiger partial charge in [-0.3, -0.25) is 4.99 Å². The van der Waals surface area contributed by atoms with E-state index in [9.17, 15) is 4.79 Å². The summed E-state index contributed by atoms with van der Waals surface area (Å²) in [6.07, 6.45) is -0.137. The van der Waals surface area contributed by atoms with Crippen LogP contribution in [0.15, 0.2) is 4.99 Å². The molecule has 1 N–H and O–H groups in total. The van der Waals surface area contributed by atoms with Gasteiger partial charge in [0.15, 0.2) is 5.96 Å². The molecule has 1 heterocycles. The summed E-state index contributed by atoms with van der Waals surface area (Å²) in [5, 5.41) is 3.38. The fourth-order valence-electron chi connectivity index (χ4n) is 2.57. The van der Waals surface area contributed by atoms with Crippen LogP contribution in [0.4, 0.5) is 4.79 Å². The fourth-order valence-corrected chi connectivity index (χ4v) is 2.57. The van der Waals surface area contributed by atoms with Gasteiger partial charge in [0.1, 0.15) is 0 Å². The Morgan fingerprint density at radius 3 is 2.22 bits per heavy atom. The summed E-state index contributed by atoms with van der Waals surface area (Å²) in [6, 6.07) is 0. The Morgan fingerprint density at radius 2 is 1.78 bits per heavy atom. The molecular formula is C16H32N4O3. The summed E-state index contributed by atoms with van der Waals surface area (Å²) in [4.78, 5) is 20.0. The van der Waals surface area contributed by atoms with E-state index >= 15 is 0 Å². The van der Waals surface area contributed by atoms with Crippen LogP contribution in [0.1, 0.15) is 27.7 Å². The number of nitrogens with zero attached hydrogens (tertiary/aromatic N) is 3. The number of carbonyl (C=O) groups is 1. The first-order chi connectivity index (χ1) is 10.8. The molecule has 134 valence electrons. The topological polar surface area (TPSA) is 66.4 Å². The Balaban J connectivity index is 2.50. The van der Waals surface area contributed by atoms with E-state index in [1.54, 1.807) is 19.1 Å². The van der Waals surface area contributed by atoms with Crippen molar-refractivity contribution in [3.63, 3.8) is 0 Å². The number of nitrogens with one attached hydrogen (secondary N) is 1. The molecule has 0 aromatic carbocycles. The van der Waals surface area contributed by atoms with Crippen LogP contribution in [0.25, 0.3) is 0 Å². The van der Waals surface area contributed by atoms with Crippen molar-refractivity contribution in [1.29, 1.82) is 0 Å². The first-order valence-corrected chi connectivity index (χ1v) is 8.23. The molecule has 7 heteroatoms. The van der Waals surface area contributed by atoms with Crippen LogP contribution in [-0.4, -0.2) is 81.4 Å². The number of amides is 1. The minimum atomic E-state index is -0.234. The first kappa shape index (κ1) is 19.5. The van der Waals surface area contributed by atoms with E-state index in [4.69, 9.17) is 9.47 Å². The Labute approximate surface area is 140 Å². The second-order valence-corrected chi connectivity index (χ2v) is 6.69. The molecule has 1 aliphatic heterocycles. The lowest BCUT2D eigenvalue weighted by Gasteiger charge is -2.37. The Kier molecular flexibility index (Phi) is 7.61. The average molecular weight is 328 g/mol. The molecular weight excluding hydrogens is 296 g/mol. The molecule has 0 aromatic rings. The molecule has 1 rings (SSSR count). The second kappa shape index (κ2) is 8.96. The van der Waals surface area contributed by atoms with Crippen LogP contribution < -0.4 is 5.32 Å². The van der Waals surface area contributed by atoms with E-state index in [0.717, 1.165) is 19.0 Å². The molecule has 0 bridgehead atoms. The molecule has 0 aromatic heterocycles. The third kappa shape index (κ3) is 5.89. The molecule has 0 saturated carbocycles. The summed E-state index contributed by atoms with van der Waals surface area (Å²) in [6.45, 7) is 12.2. The maximum atomic E-state index is 11.7. The van der Waals surface area contributed by atoms with Crippen molar-refractivity contribution in [2.75, 3.05) is 53.5 Å². The molecule has 23 heavy (non-hydrogen) atoms. The SMILES string of the molecule is CCOC(=O)N1CCN(C(=NC)NCC(OC)C(C)(C)C)CC1. The second-order valence-electron chi connectivity index (χ2n) is 6.69. The number of hydrogen-bond acceptors (Lipinski definition) is 4. The number of aliphatic imine (C=N–C) groups is 1. The van der Waals surface area contributed by atoms with Gasteiger partial charge in [-0.1, -0.05) is 20.8 Å². The molecule has 0 spiro atoms. The third-order valence-corrected chi connectivity index (χ3v) is 4.01. The third-order valence-electron chi connectivity index (χ3n) is 4.01. The summed E-state index contributed by atoms with van der Waals surface area (Å²) in [5.41, 5.74) is 0.0587. The van der Waals surface area contributed by atoms with E-state index in [1.165, 1.54) is 0 Å². The molecule has 1 unspecified atom stereocenters. The molecule has 1 aliphatic rings. The number of rotatable bonds is 4. The van der Waals surface area contributed by atoms with Gasteiger partial charge in [0, 0.05) is 46.9 Å². The largest absolute Gasteiger partial charge is 0.450 e. The number of carbonyl (C=O) groups excluding carboxylic acids is 1. The predicted octanol–water partition coefficient (Wildman–Crippen LogP) is 1.40. The number of methoxy groups -OCH3 is 1. The molecule has 1 fully saturated rings. The minimum absolute atomic E-state index is 0.0587. The van der Waals surface area contributed by atoms with Crippen LogP contribution in [-0.2, 0) is 9.47 Å². The Hall–Kier alpha value is -1.50. The van der Waals surface area contributed by atoms with E-state index in [2.05, 4.69) is 36.0 Å². The van der Waals surface area contributed by atoms with Gasteiger partial charge in [-0.05, 0) is 12.3 Å². The van der Waals surface area contributed by atoms with Gasteiger partial charge < -0.3 is 24.6 Å². The van der Waals surface area contributed by atoms with Gasteiger partial charge in [-0.2, -0.15) is 0 Å². The van der Waals surface area contributed by atoms with E-state index < -0.39 is 0 Å². The highest BCUT2D eigenvalue weighted by molar-refractivity contribution is 5.80. The van der Waals surface area contributed by atoms with Gasteiger partial charge in [0.25, 0.3) is 0 Å². The standard InChI is InChI=1S/C16H32N4O3/c1-7-23-15(21)20-10-8-19(9-11-20)14(17-5)18-12-13(22-6)16(2,3)4/h13H,7-12H2,1-6H3,(H,17,18). The molecule has 0 aliphatic carbocycles. The minimum Gasteiger partial charge on any atom is -0.450 e. The van der Waals surface area contributed by atoms with Gasteiger partial charge in [0.05, 0.1) is 12.7 Å². The average Bonchev–Trinajstić information content (AvgIpc) is 2.51. The highest BCUT2D eigenvalue weighted by atomic mass is 16.6. The highest BCUT2D eigenvalue weighted by Gasteiger charge is 2.27. The van der Waals surface area contributed by atoms with Crippen molar-refractivity contribution in [3.05, 3.63) is 0 Å². The van der Waals surface area contributed by atoms with Crippen LogP contribution in [0, 0.1) is 5.41 Å². The van der Waals surface area contributed by atoms with Gasteiger partial charge in [-0.25, -0.2) is 4.79 Å². The summed E-state index contributed by atoms with van der Waals surface area (Å²) < 4.78 is 10.6. The maximum Gasteiger partial charge on any atom is 0.409 e. The number of ether oxygens (including phenoxy) is 2. The number of guanidine groups is 1. The van der Waals surface area contributed by atoms with Crippen molar-refractivity contribution < 1.29 is 14.3 Å². The fraction of sp³-hybridized carbons (Fsp3) is 0.875. The van der Waals surface area contributed by atoms with Crippen LogP contribution in [0.5, 0.6) is 0 Å². The smallest absolute Gasteiger partial charge is 0.409 e. The maximum absolute atomic E-state index is 11.7. The summed E-state index contributed by atoms with van der Waals surface area (Å²) in [7, 11) is 3.51.